The van der Waals surface area contributed by atoms with Crippen LogP contribution in [0, 0.1) is 5.92 Å². The summed E-state index contributed by atoms with van der Waals surface area (Å²) in [5, 5.41) is 7.34. The Kier molecular flexibility index (Phi) is 7.20. The van der Waals surface area contributed by atoms with E-state index in [0.717, 1.165) is 50.7 Å². The smallest absolute Gasteiger partial charge is 0.365 e. The molecule has 2 N–H and O–H groups in total. The third-order valence-electron chi connectivity index (χ3n) is 8.52. The molecule has 2 saturated carbocycles. The summed E-state index contributed by atoms with van der Waals surface area (Å²) >= 11 is 0. The van der Waals surface area contributed by atoms with Crippen molar-refractivity contribution in [1.29, 1.82) is 0 Å². The van der Waals surface area contributed by atoms with E-state index in [2.05, 4.69) is 32.3 Å². The van der Waals surface area contributed by atoms with Crippen LogP contribution in [0.15, 0.2) is 33.6 Å². The zero-order chi connectivity index (χ0) is 28.7. The molecule has 0 aliphatic heterocycles. The zero-order valence-electron chi connectivity index (χ0n) is 23.0. The Balaban J connectivity index is 1.49. The lowest BCUT2D eigenvalue weighted by Crippen LogP contribution is -2.35. The Bertz CT molecular complexity index is 1570. The maximum Gasteiger partial charge on any atom is 0.439 e. The lowest BCUT2D eigenvalue weighted by molar-refractivity contribution is -0.137. The third-order valence-corrected chi connectivity index (χ3v) is 8.52. The van der Waals surface area contributed by atoms with Crippen LogP contribution in [0.25, 0.3) is 22.8 Å². The number of aromatic nitrogens is 6. The van der Waals surface area contributed by atoms with Crippen LogP contribution in [-0.2, 0) is 12.7 Å². The predicted octanol–water partition coefficient (Wildman–Crippen LogP) is 5.61. The topological polar surface area (TPSA) is 118 Å². The summed E-state index contributed by atoms with van der Waals surface area (Å²) < 4.78 is 46.4. The summed E-state index contributed by atoms with van der Waals surface area (Å²) in [4.78, 5) is 30.7. The number of alkyl halides is 3. The second-order valence-corrected chi connectivity index (χ2v) is 11.2. The fraction of sp³-hybridized carbons (Fsp3) is 0.536. The molecule has 10 nitrogen and oxygen atoms in total. The van der Waals surface area contributed by atoms with Crippen LogP contribution in [0.3, 0.4) is 0 Å². The van der Waals surface area contributed by atoms with Crippen molar-refractivity contribution in [2.75, 3.05) is 17.3 Å². The van der Waals surface area contributed by atoms with Gasteiger partial charge in [-0.3, -0.25) is 9.51 Å². The van der Waals surface area contributed by atoms with Gasteiger partial charge < -0.3 is 14.8 Å². The molecule has 0 saturated heterocycles. The standard InChI is InChI=1S/C28H33F3N8O2/c1-16(18-7-6-8-18)32-22-21-23(34-24(33-22)25-36-27(40)41-37-25)35-26(38(2)20-9-4-3-5-10-20)39(21)15-17-11-13-19(14-12-17)28(29,30)31/h11-14,16,18,20H,3-10,15H2,1-2H3,(H,32,33,34)(H,36,37,40). The van der Waals surface area contributed by atoms with Gasteiger partial charge in [-0.25, -0.2) is 14.8 Å². The van der Waals surface area contributed by atoms with Crippen LogP contribution in [0.2, 0.25) is 0 Å². The molecule has 0 radical (unpaired) electrons. The number of aromatic amines is 1. The molecule has 13 heteroatoms. The van der Waals surface area contributed by atoms with Crippen LogP contribution >= 0.6 is 0 Å². The SMILES string of the molecule is CC(Nc1nc(-c2noc(=O)[nH]2)nc2nc(N(C)C3CCCCC3)n(Cc3ccc(C(F)(F)F)cc3)c12)C1CCC1. The van der Waals surface area contributed by atoms with Gasteiger partial charge in [0.25, 0.3) is 0 Å². The van der Waals surface area contributed by atoms with E-state index < -0.39 is 17.5 Å². The third kappa shape index (κ3) is 5.53. The van der Waals surface area contributed by atoms with Crippen LogP contribution in [0.5, 0.6) is 0 Å². The molecule has 3 aromatic heterocycles. The van der Waals surface area contributed by atoms with Crippen molar-refractivity contribution >= 4 is 22.9 Å². The highest BCUT2D eigenvalue weighted by atomic mass is 19.4. The van der Waals surface area contributed by atoms with Crippen LogP contribution in [0.1, 0.15) is 69.4 Å². The molecule has 1 atom stereocenters. The number of rotatable bonds is 8. The first-order chi connectivity index (χ1) is 19.7. The molecule has 41 heavy (non-hydrogen) atoms. The molecule has 4 aromatic rings. The lowest BCUT2D eigenvalue weighted by atomic mass is 9.80. The summed E-state index contributed by atoms with van der Waals surface area (Å²) in [5.41, 5.74) is 1.04. The van der Waals surface area contributed by atoms with Gasteiger partial charge in [0, 0.05) is 19.1 Å². The van der Waals surface area contributed by atoms with Gasteiger partial charge in [0.2, 0.25) is 17.6 Å². The fourth-order valence-corrected chi connectivity index (χ4v) is 5.86. The monoisotopic (exact) mass is 570 g/mol. The molecule has 2 aliphatic rings. The van der Waals surface area contributed by atoms with E-state index in [1.54, 1.807) is 0 Å². The van der Waals surface area contributed by atoms with Gasteiger partial charge in [-0.2, -0.15) is 18.2 Å². The first kappa shape index (κ1) is 27.3. The quantitative estimate of drug-likeness (QED) is 0.281. The fourth-order valence-electron chi connectivity index (χ4n) is 5.86. The molecule has 2 aliphatic carbocycles. The first-order valence-electron chi connectivity index (χ1n) is 14.2. The number of nitrogens with zero attached hydrogens (tertiary/aromatic N) is 6. The van der Waals surface area contributed by atoms with Crippen molar-refractivity contribution in [3.63, 3.8) is 0 Å². The van der Waals surface area contributed by atoms with Gasteiger partial charge in [-0.1, -0.05) is 43.0 Å². The first-order valence-corrected chi connectivity index (χ1v) is 14.2. The number of hydrogen-bond acceptors (Lipinski definition) is 8. The van der Waals surface area contributed by atoms with Gasteiger partial charge in [0.15, 0.2) is 11.5 Å². The van der Waals surface area contributed by atoms with Gasteiger partial charge in [-0.15, -0.1) is 0 Å². The Morgan fingerprint density at radius 2 is 1.80 bits per heavy atom. The molecule has 2 fully saturated rings. The summed E-state index contributed by atoms with van der Waals surface area (Å²) in [6.07, 6.45) is 4.52. The maximum atomic E-state index is 13.3. The zero-order valence-corrected chi connectivity index (χ0v) is 23.0. The number of halogens is 3. The maximum absolute atomic E-state index is 13.3. The number of hydrogen-bond donors (Lipinski definition) is 2. The van der Waals surface area contributed by atoms with Gasteiger partial charge in [-0.05, 0) is 56.2 Å². The van der Waals surface area contributed by atoms with Crippen molar-refractivity contribution in [3.05, 3.63) is 45.9 Å². The lowest BCUT2D eigenvalue weighted by Gasteiger charge is -2.33. The van der Waals surface area contributed by atoms with E-state index in [1.165, 1.54) is 25.0 Å². The summed E-state index contributed by atoms with van der Waals surface area (Å²) in [6.45, 7) is 2.39. The van der Waals surface area contributed by atoms with E-state index in [1.807, 2.05) is 11.6 Å². The minimum Gasteiger partial charge on any atom is -0.365 e. The predicted molar refractivity (Wildman–Crippen MR) is 148 cm³/mol. The van der Waals surface area contributed by atoms with Crippen molar-refractivity contribution in [2.24, 2.45) is 5.92 Å². The Morgan fingerprint density at radius 1 is 1.07 bits per heavy atom. The van der Waals surface area contributed by atoms with E-state index in [-0.39, 0.29) is 30.3 Å². The Morgan fingerprint density at radius 3 is 2.41 bits per heavy atom. The minimum atomic E-state index is -4.41. The van der Waals surface area contributed by atoms with Crippen molar-refractivity contribution in [2.45, 2.75) is 83.1 Å². The summed E-state index contributed by atoms with van der Waals surface area (Å²) in [6, 6.07) is 5.59. The van der Waals surface area contributed by atoms with Gasteiger partial charge in [0.1, 0.15) is 5.52 Å². The molecular weight excluding hydrogens is 537 g/mol. The second kappa shape index (κ2) is 10.8. The Labute approximate surface area is 234 Å². The molecule has 1 aromatic carbocycles. The highest BCUT2D eigenvalue weighted by molar-refractivity contribution is 5.87. The summed E-state index contributed by atoms with van der Waals surface area (Å²) in [5.74, 6) is 1.22. The average Bonchev–Trinajstić information content (AvgIpc) is 3.51. The van der Waals surface area contributed by atoms with E-state index >= 15 is 0 Å². The molecule has 1 unspecified atom stereocenters. The van der Waals surface area contributed by atoms with Crippen molar-refractivity contribution in [3.8, 4) is 11.6 Å². The van der Waals surface area contributed by atoms with Crippen molar-refractivity contribution < 1.29 is 17.7 Å². The van der Waals surface area contributed by atoms with E-state index in [9.17, 15) is 18.0 Å². The number of fused-ring (bicyclic) bond motifs is 1. The number of anilines is 2. The normalized spacial score (nSPS) is 17.5. The van der Waals surface area contributed by atoms with Crippen LogP contribution in [-0.4, -0.2) is 48.8 Å². The average molecular weight is 571 g/mol. The van der Waals surface area contributed by atoms with Crippen LogP contribution < -0.4 is 16.0 Å². The summed E-state index contributed by atoms with van der Waals surface area (Å²) in [7, 11) is 2.01. The number of nitrogens with one attached hydrogen (secondary N) is 2. The molecule has 0 amide bonds. The second-order valence-electron chi connectivity index (χ2n) is 11.2. The number of benzene rings is 1. The van der Waals surface area contributed by atoms with E-state index in [4.69, 9.17) is 14.5 Å². The highest BCUT2D eigenvalue weighted by Crippen LogP contribution is 2.36. The molecule has 6 rings (SSSR count). The van der Waals surface area contributed by atoms with Gasteiger partial charge in [0.05, 0.1) is 12.1 Å². The number of H-pyrrole nitrogens is 1. The van der Waals surface area contributed by atoms with E-state index in [0.29, 0.717) is 34.4 Å². The van der Waals surface area contributed by atoms with Crippen molar-refractivity contribution in [1.82, 2.24) is 29.7 Å². The largest absolute Gasteiger partial charge is 0.439 e. The highest BCUT2D eigenvalue weighted by Gasteiger charge is 2.31. The molecule has 0 bridgehead atoms. The van der Waals surface area contributed by atoms with Crippen LogP contribution in [0.4, 0.5) is 24.9 Å². The molecule has 3 heterocycles. The Hall–Kier alpha value is -3.90. The molecular formula is C28H33F3N8O2. The van der Waals surface area contributed by atoms with Gasteiger partial charge >= 0.3 is 11.9 Å². The molecule has 0 spiro atoms. The molecule has 218 valence electrons. The number of imidazole rings is 1. The minimum absolute atomic E-state index is 0.0933.